The van der Waals surface area contributed by atoms with Gasteiger partial charge in [0, 0.05) is 0 Å². The number of hydrogen-bond donors (Lipinski definition) is 0. The third-order valence-corrected chi connectivity index (χ3v) is 22.8. The average molecular weight is 753 g/mol. The summed E-state index contributed by atoms with van der Waals surface area (Å²) in [5.41, 5.74) is 0. The summed E-state index contributed by atoms with van der Waals surface area (Å²) in [4.78, 5) is 0. The molecule has 7 heteroatoms. The third kappa shape index (κ3) is 6.23. The van der Waals surface area contributed by atoms with Gasteiger partial charge in [-0.2, -0.15) is 0 Å². The molecule has 0 saturated carbocycles. The monoisotopic (exact) mass is 752 g/mol. The molecule has 0 aromatic rings. The van der Waals surface area contributed by atoms with Crippen LogP contribution in [-0.2, 0) is 22.9 Å². The normalized spacial score (nSPS) is 23.2. The summed E-state index contributed by atoms with van der Waals surface area (Å²) in [5.74, 6) is 0. The molecule has 2 fully saturated rings. The number of nitrogens with zero attached hydrogens (tertiary/aromatic N) is 2. The summed E-state index contributed by atoms with van der Waals surface area (Å²) >= 11 is -0.930. The van der Waals surface area contributed by atoms with Gasteiger partial charge in [-0.05, 0) is 0 Å². The number of hydrogen-bond acceptors (Lipinski definition) is 2. The van der Waals surface area contributed by atoms with Crippen molar-refractivity contribution in [3.05, 3.63) is 41.4 Å². The van der Waals surface area contributed by atoms with Gasteiger partial charge in [-0.3, -0.25) is 0 Å². The van der Waals surface area contributed by atoms with E-state index in [0.29, 0.717) is 0 Å². The first-order valence-electron chi connectivity index (χ1n) is 12.0. The van der Waals surface area contributed by atoms with Gasteiger partial charge in [0.25, 0.3) is 0 Å². The number of rotatable bonds is 6. The number of halogens is 2. The van der Waals surface area contributed by atoms with Crippen molar-refractivity contribution in [3.63, 3.8) is 0 Å². The summed E-state index contributed by atoms with van der Waals surface area (Å²) < 4.78 is 9.73. The van der Waals surface area contributed by atoms with Crippen molar-refractivity contribution < 1.29 is 22.9 Å². The van der Waals surface area contributed by atoms with E-state index < -0.39 is 39.4 Å². The van der Waals surface area contributed by atoms with E-state index in [9.17, 15) is 0 Å². The second kappa shape index (κ2) is 12.2. The molecule has 2 aliphatic carbocycles. The first kappa shape index (κ1) is 28.4. The van der Waals surface area contributed by atoms with Gasteiger partial charge in [-0.25, -0.2) is 0 Å². The molecule has 0 aromatic carbocycles. The van der Waals surface area contributed by atoms with Crippen LogP contribution in [0.3, 0.4) is 0 Å². The molecule has 2 saturated heterocycles. The van der Waals surface area contributed by atoms with Crippen molar-refractivity contribution in [1.29, 1.82) is 0 Å². The van der Waals surface area contributed by atoms with Gasteiger partial charge in [0.1, 0.15) is 0 Å². The molecule has 0 bridgehead atoms. The van der Waals surface area contributed by atoms with E-state index in [-0.39, 0.29) is 34.0 Å². The Bertz CT molecular complexity index is 685. The summed E-state index contributed by atoms with van der Waals surface area (Å²) in [6, 6.07) is 0. The van der Waals surface area contributed by atoms with Crippen molar-refractivity contribution in [1.82, 2.24) is 9.13 Å². The molecule has 174 valence electrons. The van der Waals surface area contributed by atoms with Crippen LogP contribution < -0.4 is 0 Å². The average Bonchev–Trinajstić information content (AvgIpc) is 3.40. The van der Waals surface area contributed by atoms with Crippen LogP contribution >= 0.6 is 34.0 Å². The SMILES string of the molecule is Br.Br.C[Si](C)(C1=[C]([Hf][C]2=C([Si](C)(C)N3CCCCC3)C=CC2)CC=C1)N1CCCCC1. The molecule has 2 aliphatic heterocycles. The fourth-order valence-electron chi connectivity index (χ4n) is 5.82. The fraction of sp³-hybridized carbons (Fsp3) is 0.667. The van der Waals surface area contributed by atoms with E-state index in [0.717, 1.165) is 0 Å². The molecule has 0 amide bonds. The molecule has 0 atom stereocenters. The Kier molecular flexibility index (Phi) is 11.2. The minimum atomic E-state index is -1.47. The molecule has 0 unspecified atom stereocenters. The zero-order valence-corrected chi connectivity index (χ0v) is 29.0. The molecule has 4 rings (SSSR count). The Morgan fingerprint density at radius 2 is 0.968 bits per heavy atom. The minimum absolute atomic E-state index is 0. The number of allylic oxidation sites excluding steroid dienone is 8. The van der Waals surface area contributed by atoms with Gasteiger partial charge in [-0.1, -0.05) is 0 Å². The van der Waals surface area contributed by atoms with Gasteiger partial charge >= 0.3 is 194 Å². The predicted octanol–water partition coefficient (Wildman–Crippen LogP) is 7.11. The number of piperidine rings is 2. The van der Waals surface area contributed by atoms with Crippen molar-refractivity contribution in [2.45, 2.75) is 77.6 Å². The molecule has 2 nitrogen and oxygen atoms in total. The van der Waals surface area contributed by atoms with Crippen LogP contribution in [0.1, 0.15) is 51.4 Å². The first-order chi connectivity index (χ1) is 13.9. The zero-order chi connectivity index (χ0) is 20.5. The first-order valence-corrected chi connectivity index (χ1v) is 21.5. The van der Waals surface area contributed by atoms with Crippen molar-refractivity contribution in [2.75, 3.05) is 26.2 Å². The van der Waals surface area contributed by atoms with Crippen LogP contribution in [0.4, 0.5) is 0 Å². The van der Waals surface area contributed by atoms with E-state index in [4.69, 9.17) is 0 Å². The van der Waals surface area contributed by atoms with Crippen LogP contribution in [0.2, 0.25) is 26.2 Å². The Balaban J connectivity index is 0.00000171. The van der Waals surface area contributed by atoms with Crippen LogP contribution in [0.25, 0.3) is 0 Å². The summed E-state index contributed by atoms with van der Waals surface area (Å²) in [6.45, 7) is 16.0. The summed E-state index contributed by atoms with van der Waals surface area (Å²) in [7, 11) is -2.94. The molecule has 4 aliphatic rings. The predicted molar refractivity (Wildman–Crippen MR) is 148 cm³/mol. The van der Waals surface area contributed by atoms with Crippen LogP contribution in [0, 0.1) is 0 Å². The molecule has 2 heterocycles. The third-order valence-electron chi connectivity index (χ3n) is 7.78. The van der Waals surface area contributed by atoms with Crippen molar-refractivity contribution >= 4 is 50.4 Å². The fourth-order valence-corrected chi connectivity index (χ4v) is 24.2. The van der Waals surface area contributed by atoms with Gasteiger partial charge in [0.2, 0.25) is 0 Å². The topological polar surface area (TPSA) is 6.48 Å². The van der Waals surface area contributed by atoms with Crippen LogP contribution in [0.15, 0.2) is 41.4 Å². The van der Waals surface area contributed by atoms with Gasteiger partial charge < -0.3 is 0 Å². The Hall–Kier alpha value is 1.14. The van der Waals surface area contributed by atoms with Crippen LogP contribution in [0.5, 0.6) is 0 Å². The Morgan fingerprint density at radius 1 is 0.613 bits per heavy atom. The summed E-state index contributed by atoms with van der Waals surface area (Å²) in [5, 5.41) is 3.69. The zero-order valence-electron chi connectivity index (χ0n) is 20.0. The second-order valence-electron chi connectivity index (χ2n) is 10.3. The Morgan fingerprint density at radius 3 is 1.32 bits per heavy atom. The van der Waals surface area contributed by atoms with E-state index in [1.165, 1.54) is 77.5 Å². The molecular formula is C24H42Br2HfN2Si2. The van der Waals surface area contributed by atoms with Gasteiger partial charge in [-0.15, -0.1) is 34.0 Å². The van der Waals surface area contributed by atoms with Crippen LogP contribution in [-0.4, -0.2) is 51.8 Å². The van der Waals surface area contributed by atoms with E-state index in [1.807, 2.05) is 17.1 Å². The molecule has 0 radical (unpaired) electrons. The molecule has 0 N–H and O–H groups in total. The standard InChI is InChI=1S/2C12H20NSi.2BrH.Hf/c2*1-14(2,12-8-4-5-9-12)13-10-6-3-7-11-13;;;/h2*4,8H,3,5-7,10-11H2,1-2H3;2*1H;. The van der Waals surface area contributed by atoms with E-state index >= 15 is 0 Å². The molecule has 0 spiro atoms. The molecular weight excluding hydrogens is 711 g/mol. The Labute approximate surface area is 225 Å². The summed E-state index contributed by atoms with van der Waals surface area (Å²) in [6.07, 6.45) is 21.3. The van der Waals surface area contributed by atoms with Gasteiger partial charge in [0.15, 0.2) is 0 Å². The maximum atomic E-state index is 2.92. The van der Waals surface area contributed by atoms with Crippen molar-refractivity contribution in [3.8, 4) is 0 Å². The van der Waals surface area contributed by atoms with Crippen molar-refractivity contribution in [2.24, 2.45) is 0 Å². The van der Waals surface area contributed by atoms with E-state index in [2.05, 4.69) is 59.6 Å². The molecule has 0 aromatic heterocycles. The second-order valence-corrected chi connectivity index (χ2v) is 24.1. The van der Waals surface area contributed by atoms with Gasteiger partial charge in [0.05, 0.1) is 0 Å². The van der Waals surface area contributed by atoms with E-state index in [1.54, 1.807) is 0 Å². The quantitative estimate of drug-likeness (QED) is 0.267. The maximum absolute atomic E-state index is 2.92. The molecule has 31 heavy (non-hydrogen) atoms.